The molecule has 4 nitrogen and oxygen atoms in total. The Labute approximate surface area is 107 Å². The molecule has 1 aromatic rings. The minimum atomic E-state index is -0.184. The van der Waals surface area contributed by atoms with Crippen molar-refractivity contribution in [3.8, 4) is 17.2 Å². The van der Waals surface area contributed by atoms with E-state index in [1.54, 1.807) is 0 Å². The summed E-state index contributed by atoms with van der Waals surface area (Å²) in [6.45, 7) is 5.40. The molecule has 2 aliphatic heterocycles. The van der Waals surface area contributed by atoms with Crippen LogP contribution >= 0.6 is 0 Å². The second-order valence-electron chi connectivity index (χ2n) is 5.25. The van der Waals surface area contributed by atoms with E-state index < -0.39 is 0 Å². The first-order valence-electron chi connectivity index (χ1n) is 6.49. The highest BCUT2D eigenvalue weighted by Crippen LogP contribution is 2.45. The third-order valence-corrected chi connectivity index (χ3v) is 3.83. The first-order chi connectivity index (χ1) is 8.61. The second-order valence-corrected chi connectivity index (χ2v) is 5.25. The lowest BCUT2D eigenvalue weighted by Gasteiger charge is -2.38. The van der Waals surface area contributed by atoms with E-state index in [0.717, 1.165) is 35.7 Å². The molecule has 3 rings (SSSR count). The van der Waals surface area contributed by atoms with Crippen molar-refractivity contribution in [1.29, 1.82) is 0 Å². The molecule has 0 radical (unpaired) electrons. The van der Waals surface area contributed by atoms with Gasteiger partial charge in [-0.05, 0) is 19.4 Å². The van der Waals surface area contributed by atoms with Gasteiger partial charge < -0.3 is 19.9 Å². The van der Waals surface area contributed by atoms with Crippen LogP contribution in [0.1, 0.15) is 38.3 Å². The molecular weight excluding hydrogens is 230 g/mol. The van der Waals surface area contributed by atoms with E-state index in [0.29, 0.717) is 13.2 Å². The quantitative estimate of drug-likeness (QED) is 0.830. The van der Waals surface area contributed by atoms with Gasteiger partial charge in [-0.1, -0.05) is 6.92 Å². The second kappa shape index (κ2) is 4.05. The Morgan fingerprint density at radius 2 is 1.89 bits per heavy atom. The highest BCUT2D eigenvalue weighted by Gasteiger charge is 2.35. The standard InChI is InChI=1S/C14H19NO3/c1-3-14(2)8-10(15)9-6-12-13(7-11(9)18-14)17-5-4-16-12/h6-7,10H,3-5,8,15H2,1-2H3. The Morgan fingerprint density at radius 3 is 2.56 bits per heavy atom. The molecule has 1 aromatic carbocycles. The van der Waals surface area contributed by atoms with Crippen molar-refractivity contribution in [2.24, 2.45) is 5.73 Å². The average molecular weight is 249 g/mol. The van der Waals surface area contributed by atoms with Crippen molar-refractivity contribution in [2.75, 3.05) is 13.2 Å². The average Bonchev–Trinajstić information content (AvgIpc) is 2.37. The summed E-state index contributed by atoms with van der Waals surface area (Å²) in [6.07, 6.45) is 1.77. The van der Waals surface area contributed by atoms with Crippen LogP contribution in [0.5, 0.6) is 17.2 Å². The first-order valence-corrected chi connectivity index (χ1v) is 6.49. The monoisotopic (exact) mass is 249 g/mol. The Balaban J connectivity index is 2.03. The van der Waals surface area contributed by atoms with E-state index in [9.17, 15) is 0 Å². The summed E-state index contributed by atoms with van der Waals surface area (Å²) in [4.78, 5) is 0. The zero-order valence-electron chi connectivity index (χ0n) is 10.9. The Kier molecular flexibility index (Phi) is 2.63. The van der Waals surface area contributed by atoms with E-state index in [1.165, 1.54) is 0 Å². The molecule has 0 saturated carbocycles. The van der Waals surface area contributed by atoms with Crippen molar-refractivity contribution >= 4 is 0 Å². The van der Waals surface area contributed by atoms with Gasteiger partial charge in [0.2, 0.25) is 0 Å². The number of hydrogen-bond acceptors (Lipinski definition) is 4. The number of rotatable bonds is 1. The molecule has 98 valence electrons. The number of ether oxygens (including phenoxy) is 3. The largest absolute Gasteiger partial charge is 0.487 e. The van der Waals surface area contributed by atoms with Gasteiger partial charge in [-0.25, -0.2) is 0 Å². The van der Waals surface area contributed by atoms with Crippen LogP contribution in [0.15, 0.2) is 12.1 Å². The molecule has 0 spiro atoms. The van der Waals surface area contributed by atoms with Gasteiger partial charge in [-0.2, -0.15) is 0 Å². The molecule has 2 heterocycles. The molecule has 0 saturated heterocycles. The summed E-state index contributed by atoms with van der Waals surface area (Å²) in [5.74, 6) is 2.37. The molecule has 0 aromatic heterocycles. The molecule has 2 atom stereocenters. The van der Waals surface area contributed by atoms with Crippen LogP contribution in [0.4, 0.5) is 0 Å². The minimum absolute atomic E-state index is 0.00507. The van der Waals surface area contributed by atoms with Crippen molar-refractivity contribution in [1.82, 2.24) is 0 Å². The highest BCUT2D eigenvalue weighted by molar-refractivity contribution is 5.53. The molecule has 0 fully saturated rings. The molecule has 18 heavy (non-hydrogen) atoms. The molecule has 2 N–H and O–H groups in total. The summed E-state index contributed by atoms with van der Waals surface area (Å²) in [6, 6.07) is 3.87. The van der Waals surface area contributed by atoms with Gasteiger partial charge >= 0.3 is 0 Å². The Bertz CT molecular complexity index is 474. The summed E-state index contributed by atoms with van der Waals surface area (Å²) < 4.78 is 17.3. The number of nitrogens with two attached hydrogens (primary N) is 1. The van der Waals surface area contributed by atoms with E-state index in [4.69, 9.17) is 19.9 Å². The van der Waals surface area contributed by atoms with Crippen LogP contribution in [-0.2, 0) is 0 Å². The van der Waals surface area contributed by atoms with Gasteiger partial charge in [0.1, 0.15) is 24.6 Å². The third-order valence-electron chi connectivity index (χ3n) is 3.83. The molecule has 0 bridgehead atoms. The maximum absolute atomic E-state index is 6.25. The topological polar surface area (TPSA) is 53.7 Å². The van der Waals surface area contributed by atoms with Crippen molar-refractivity contribution in [3.05, 3.63) is 17.7 Å². The van der Waals surface area contributed by atoms with E-state index in [2.05, 4.69) is 13.8 Å². The third kappa shape index (κ3) is 1.81. The summed E-state index contributed by atoms with van der Waals surface area (Å²) in [5.41, 5.74) is 7.09. The van der Waals surface area contributed by atoms with Gasteiger partial charge in [0.25, 0.3) is 0 Å². The zero-order valence-corrected chi connectivity index (χ0v) is 10.9. The van der Waals surface area contributed by atoms with Gasteiger partial charge in [0, 0.05) is 24.1 Å². The summed E-state index contributed by atoms with van der Waals surface area (Å²) >= 11 is 0. The molecular formula is C14H19NO3. The number of fused-ring (bicyclic) bond motifs is 2. The first kappa shape index (κ1) is 11.7. The maximum Gasteiger partial charge on any atom is 0.165 e. The Morgan fingerprint density at radius 1 is 1.22 bits per heavy atom. The van der Waals surface area contributed by atoms with Gasteiger partial charge in [0.15, 0.2) is 11.5 Å². The number of hydrogen-bond donors (Lipinski definition) is 1. The summed E-state index contributed by atoms with van der Waals surface area (Å²) in [5, 5.41) is 0. The number of benzene rings is 1. The van der Waals surface area contributed by atoms with Crippen LogP contribution < -0.4 is 19.9 Å². The minimum Gasteiger partial charge on any atom is -0.487 e. The maximum atomic E-state index is 6.25. The lowest BCUT2D eigenvalue weighted by atomic mass is 9.87. The van der Waals surface area contributed by atoms with Crippen molar-refractivity contribution < 1.29 is 14.2 Å². The molecule has 0 amide bonds. The Hall–Kier alpha value is -1.42. The van der Waals surface area contributed by atoms with Crippen LogP contribution in [0.25, 0.3) is 0 Å². The fourth-order valence-electron chi connectivity index (χ4n) is 2.56. The SMILES string of the molecule is CCC1(C)CC(N)c2cc3c(cc2O1)OCCO3. The lowest BCUT2D eigenvalue weighted by molar-refractivity contribution is 0.0491. The molecule has 2 aliphatic rings. The highest BCUT2D eigenvalue weighted by atomic mass is 16.6. The lowest BCUT2D eigenvalue weighted by Crippen LogP contribution is -2.39. The molecule has 0 aliphatic carbocycles. The van der Waals surface area contributed by atoms with E-state index in [1.807, 2.05) is 12.1 Å². The van der Waals surface area contributed by atoms with Gasteiger partial charge in [-0.3, -0.25) is 0 Å². The predicted molar refractivity (Wildman–Crippen MR) is 68.3 cm³/mol. The van der Waals surface area contributed by atoms with E-state index >= 15 is 0 Å². The zero-order chi connectivity index (χ0) is 12.8. The van der Waals surface area contributed by atoms with E-state index in [-0.39, 0.29) is 11.6 Å². The van der Waals surface area contributed by atoms with Gasteiger partial charge in [-0.15, -0.1) is 0 Å². The summed E-state index contributed by atoms with van der Waals surface area (Å²) in [7, 11) is 0. The van der Waals surface area contributed by atoms with Crippen LogP contribution in [0.2, 0.25) is 0 Å². The van der Waals surface area contributed by atoms with Crippen molar-refractivity contribution in [2.45, 2.75) is 38.3 Å². The van der Waals surface area contributed by atoms with Crippen LogP contribution in [0.3, 0.4) is 0 Å². The molecule has 4 heteroatoms. The fraction of sp³-hybridized carbons (Fsp3) is 0.571. The molecule has 2 unspecified atom stereocenters. The van der Waals surface area contributed by atoms with Crippen molar-refractivity contribution in [3.63, 3.8) is 0 Å². The van der Waals surface area contributed by atoms with Crippen LogP contribution in [0, 0.1) is 0 Å². The normalized spacial score (nSPS) is 29.4. The van der Waals surface area contributed by atoms with Crippen LogP contribution in [-0.4, -0.2) is 18.8 Å². The van der Waals surface area contributed by atoms with Gasteiger partial charge in [0.05, 0.1) is 0 Å². The predicted octanol–water partition coefficient (Wildman–Crippen LogP) is 2.41. The smallest absolute Gasteiger partial charge is 0.165 e. The fourth-order valence-corrected chi connectivity index (χ4v) is 2.56.